The number of rotatable bonds is 7. The fourth-order valence-electron chi connectivity index (χ4n) is 4.40. The Kier molecular flexibility index (Phi) is 7.27. The number of benzene rings is 2. The van der Waals surface area contributed by atoms with E-state index in [1.165, 1.54) is 11.1 Å². The summed E-state index contributed by atoms with van der Waals surface area (Å²) in [5.41, 5.74) is 14.6. The summed E-state index contributed by atoms with van der Waals surface area (Å²) in [6.45, 7) is 12.4. The highest BCUT2D eigenvalue weighted by molar-refractivity contribution is 5.83. The van der Waals surface area contributed by atoms with E-state index in [1.807, 2.05) is 18.2 Å². The standard InChI is InChI=1S/C24H35NO3/c1-13(2)20-21(14(3)4)23(19(12-28)24(25)22(20)15(5)6)17-9-7-8-16(10-26)18(17)11-27/h7-9,13-15,26-28H,10-12,25H2,1-6H3. The highest BCUT2D eigenvalue weighted by atomic mass is 16.3. The van der Waals surface area contributed by atoms with Crippen molar-refractivity contribution >= 4 is 5.69 Å². The molecule has 154 valence electrons. The fraction of sp³-hybridized carbons (Fsp3) is 0.500. The molecule has 4 heteroatoms. The van der Waals surface area contributed by atoms with Crippen molar-refractivity contribution in [2.24, 2.45) is 0 Å². The highest BCUT2D eigenvalue weighted by Crippen LogP contribution is 2.46. The molecule has 0 aliphatic carbocycles. The maximum absolute atomic E-state index is 10.3. The molecular weight excluding hydrogens is 350 g/mol. The van der Waals surface area contributed by atoms with Crippen LogP contribution in [0.1, 0.15) is 92.7 Å². The lowest BCUT2D eigenvalue weighted by Crippen LogP contribution is -2.15. The zero-order valence-electron chi connectivity index (χ0n) is 18.0. The molecule has 4 nitrogen and oxygen atoms in total. The number of nitrogens with two attached hydrogens (primary N) is 1. The summed E-state index contributed by atoms with van der Waals surface area (Å²) in [7, 11) is 0. The van der Waals surface area contributed by atoms with E-state index in [-0.39, 0.29) is 37.6 Å². The molecule has 0 radical (unpaired) electrons. The van der Waals surface area contributed by atoms with E-state index >= 15 is 0 Å². The van der Waals surface area contributed by atoms with Crippen LogP contribution >= 0.6 is 0 Å². The van der Waals surface area contributed by atoms with Gasteiger partial charge in [-0.1, -0.05) is 59.7 Å². The Hall–Kier alpha value is -1.88. The highest BCUT2D eigenvalue weighted by Gasteiger charge is 2.28. The average molecular weight is 386 g/mol. The van der Waals surface area contributed by atoms with Crippen LogP contribution in [-0.2, 0) is 19.8 Å². The molecule has 0 spiro atoms. The summed E-state index contributed by atoms with van der Waals surface area (Å²) in [5.74, 6) is 0.706. The SMILES string of the molecule is CC(C)c1c(N)c(CO)c(-c2cccc(CO)c2CO)c(C(C)C)c1C(C)C. The van der Waals surface area contributed by atoms with Crippen molar-refractivity contribution < 1.29 is 15.3 Å². The summed E-state index contributed by atoms with van der Waals surface area (Å²) in [4.78, 5) is 0. The molecule has 0 saturated heterocycles. The van der Waals surface area contributed by atoms with Crippen LogP contribution in [-0.4, -0.2) is 15.3 Å². The van der Waals surface area contributed by atoms with E-state index in [9.17, 15) is 15.3 Å². The lowest BCUT2D eigenvalue weighted by atomic mass is 9.75. The molecule has 0 heterocycles. The Labute approximate surface area is 169 Å². The second-order valence-corrected chi connectivity index (χ2v) is 8.39. The van der Waals surface area contributed by atoms with Crippen LogP contribution < -0.4 is 5.73 Å². The van der Waals surface area contributed by atoms with Crippen molar-refractivity contribution in [2.45, 2.75) is 79.1 Å². The van der Waals surface area contributed by atoms with E-state index in [1.54, 1.807) is 0 Å². The molecule has 0 aliphatic rings. The Balaban J connectivity index is 3.12. The minimum atomic E-state index is -0.183. The fourth-order valence-corrected chi connectivity index (χ4v) is 4.40. The number of aliphatic hydroxyl groups excluding tert-OH is 3. The van der Waals surface area contributed by atoms with Crippen LogP contribution in [0.3, 0.4) is 0 Å². The van der Waals surface area contributed by atoms with Crippen LogP contribution in [0.15, 0.2) is 18.2 Å². The third-order valence-corrected chi connectivity index (χ3v) is 5.53. The first kappa shape index (κ1) is 22.4. The molecule has 28 heavy (non-hydrogen) atoms. The normalized spacial score (nSPS) is 11.9. The summed E-state index contributed by atoms with van der Waals surface area (Å²) >= 11 is 0. The molecular formula is C24H35NO3. The summed E-state index contributed by atoms with van der Waals surface area (Å²) in [6.07, 6.45) is 0. The number of hydrogen-bond donors (Lipinski definition) is 4. The van der Waals surface area contributed by atoms with Gasteiger partial charge in [0.1, 0.15) is 0 Å². The predicted molar refractivity (Wildman–Crippen MR) is 116 cm³/mol. The van der Waals surface area contributed by atoms with Gasteiger partial charge in [-0.05, 0) is 56.7 Å². The van der Waals surface area contributed by atoms with Crippen molar-refractivity contribution in [3.8, 4) is 11.1 Å². The Morgan fingerprint density at radius 2 is 1.25 bits per heavy atom. The van der Waals surface area contributed by atoms with Crippen molar-refractivity contribution in [3.63, 3.8) is 0 Å². The zero-order chi connectivity index (χ0) is 21.2. The number of anilines is 1. The lowest BCUT2D eigenvalue weighted by Gasteiger charge is -2.31. The molecule has 2 aromatic rings. The number of hydrogen-bond acceptors (Lipinski definition) is 4. The van der Waals surface area contributed by atoms with Crippen molar-refractivity contribution in [1.29, 1.82) is 0 Å². The number of aliphatic hydroxyl groups is 3. The Morgan fingerprint density at radius 3 is 1.68 bits per heavy atom. The summed E-state index contributed by atoms with van der Waals surface area (Å²) < 4.78 is 0. The van der Waals surface area contributed by atoms with Crippen LogP contribution in [0.25, 0.3) is 11.1 Å². The van der Waals surface area contributed by atoms with Gasteiger partial charge < -0.3 is 21.1 Å². The van der Waals surface area contributed by atoms with Crippen molar-refractivity contribution in [3.05, 3.63) is 51.6 Å². The van der Waals surface area contributed by atoms with Gasteiger partial charge in [0, 0.05) is 11.3 Å². The van der Waals surface area contributed by atoms with Crippen LogP contribution in [0.4, 0.5) is 5.69 Å². The maximum atomic E-state index is 10.3. The van der Waals surface area contributed by atoms with Gasteiger partial charge in [0.05, 0.1) is 19.8 Å². The third kappa shape index (κ3) is 3.82. The quantitative estimate of drug-likeness (QED) is 0.517. The van der Waals surface area contributed by atoms with Gasteiger partial charge in [0.25, 0.3) is 0 Å². The molecule has 5 N–H and O–H groups in total. The smallest absolute Gasteiger partial charge is 0.0708 e. The van der Waals surface area contributed by atoms with Crippen molar-refractivity contribution in [1.82, 2.24) is 0 Å². The van der Waals surface area contributed by atoms with E-state index in [2.05, 4.69) is 41.5 Å². The molecule has 0 amide bonds. The van der Waals surface area contributed by atoms with E-state index in [4.69, 9.17) is 5.73 Å². The van der Waals surface area contributed by atoms with Gasteiger partial charge in [-0.25, -0.2) is 0 Å². The molecule has 2 aromatic carbocycles. The molecule has 0 fully saturated rings. The third-order valence-electron chi connectivity index (χ3n) is 5.53. The first-order valence-electron chi connectivity index (χ1n) is 10.1. The predicted octanol–water partition coefficient (Wildman–Crippen LogP) is 4.78. The summed E-state index contributed by atoms with van der Waals surface area (Å²) in [5, 5.41) is 30.1. The minimum absolute atomic E-state index is 0.147. The molecule has 0 bridgehead atoms. The zero-order valence-corrected chi connectivity index (χ0v) is 18.0. The molecule has 0 unspecified atom stereocenters. The molecule has 0 atom stereocenters. The van der Waals surface area contributed by atoms with E-state index in [0.717, 1.165) is 16.7 Å². The average Bonchev–Trinajstić information content (AvgIpc) is 2.65. The van der Waals surface area contributed by atoms with E-state index in [0.29, 0.717) is 22.4 Å². The molecule has 0 saturated carbocycles. The van der Waals surface area contributed by atoms with Gasteiger partial charge in [-0.3, -0.25) is 0 Å². The Bertz CT molecular complexity index is 838. The van der Waals surface area contributed by atoms with Crippen LogP contribution in [0.5, 0.6) is 0 Å². The van der Waals surface area contributed by atoms with Gasteiger partial charge in [-0.15, -0.1) is 0 Å². The monoisotopic (exact) mass is 385 g/mol. The largest absolute Gasteiger partial charge is 0.398 e. The molecule has 0 aromatic heterocycles. The van der Waals surface area contributed by atoms with Crippen LogP contribution in [0.2, 0.25) is 0 Å². The van der Waals surface area contributed by atoms with E-state index < -0.39 is 0 Å². The second-order valence-electron chi connectivity index (χ2n) is 8.39. The first-order valence-corrected chi connectivity index (χ1v) is 10.1. The van der Waals surface area contributed by atoms with Gasteiger partial charge in [0.15, 0.2) is 0 Å². The van der Waals surface area contributed by atoms with Gasteiger partial charge in [0.2, 0.25) is 0 Å². The first-order chi connectivity index (χ1) is 13.2. The lowest BCUT2D eigenvalue weighted by molar-refractivity contribution is 0.260. The molecule has 2 rings (SSSR count). The summed E-state index contributed by atoms with van der Waals surface area (Å²) in [6, 6.07) is 5.65. The maximum Gasteiger partial charge on any atom is 0.0708 e. The van der Waals surface area contributed by atoms with Gasteiger partial charge >= 0.3 is 0 Å². The molecule has 0 aliphatic heterocycles. The van der Waals surface area contributed by atoms with Crippen LogP contribution in [0, 0.1) is 0 Å². The topological polar surface area (TPSA) is 86.7 Å². The number of nitrogen functional groups attached to an aromatic ring is 1. The van der Waals surface area contributed by atoms with Gasteiger partial charge in [-0.2, -0.15) is 0 Å². The van der Waals surface area contributed by atoms with Crippen molar-refractivity contribution in [2.75, 3.05) is 5.73 Å². The minimum Gasteiger partial charge on any atom is -0.398 e. The second kappa shape index (κ2) is 9.08. The Morgan fingerprint density at radius 1 is 0.714 bits per heavy atom.